The third-order valence-electron chi connectivity index (χ3n) is 5.35. The van der Waals surface area contributed by atoms with Crippen LogP contribution in [0.5, 0.6) is 0 Å². The van der Waals surface area contributed by atoms with E-state index in [1.807, 2.05) is 27.0 Å². The third-order valence-corrected chi connectivity index (χ3v) is 5.35. The van der Waals surface area contributed by atoms with Crippen molar-refractivity contribution < 1.29 is 9.53 Å². The van der Waals surface area contributed by atoms with Gasteiger partial charge < -0.3 is 15.0 Å². The predicted molar refractivity (Wildman–Crippen MR) is 107 cm³/mol. The highest BCUT2D eigenvalue weighted by molar-refractivity contribution is 5.81. The molecule has 27 heavy (non-hydrogen) atoms. The molecule has 2 aliphatic rings. The molecule has 1 aromatic heterocycles. The van der Waals surface area contributed by atoms with E-state index >= 15 is 0 Å². The van der Waals surface area contributed by atoms with Gasteiger partial charge in [-0.1, -0.05) is 34.6 Å². The van der Waals surface area contributed by atoms with Gasteiger partial charge in [-0.05, 0) is 32.1 Å². The second-order valence-corrected chi connectivity index (χ2v) is 10.1. The number of ether oxygens (including phenoxy) is 1. The van der Waals surface area contributed by atoms with E-state index in [0.29, 0.717) is 0 Å². The highest BCUT2D eigenvalue weighted by Crippen LogP contribution is 2.40. The lowest BCUT2D eigenvalue weighted by Gasteiger charge is -2.39. The molecule has 1 fully saturated rings. The van der Waals surface area contributed by atoms with E-state index in [-0.39, 0.29) is 29.6 Å². The quantitative estimate of drug-likeness (QED) is 0.860. The molecule has 1 N–H and O–H groups in total. The van der Waals surface area contributed by atoms with Crippen LogP contribution in [0.25, 0.3) is 0 Å². The summed E-state index contributed by atoms with van der Waals surface area (Å²) in [6, 6.07) is -0.0351. The molecule has 0 bridgehead atoms. The summed E-state index contributed by atoms with van der Waals surface area (Å²) in [5.41, 5.74) is 1.79. The Morgan fingerprint density at radius 2 is 1.89 bits per heavy atom. The van der Waals surface area contributed by atoms with Crippen LogP contribution < -0.4 is 10.2 Å². The van der Waals surface area contributed by atoms with Gasteiger partial charge in [-0.15, -0.1) is 0 Å². The zero-order chi connectivity index (χ0) is 20.0. The second kappa shape index (κ2) is 7.04. The van der Waals surface area contributed by atoms with Crippen LogP contribution >= 0.6 is 0 Å². The minimum atomic E-state index is -0.414. The Morgan fingerprint density at radius 1 is 1.26 bits per heavy atom. The van der Waals surface area contributed by atoms with Crippen molar-refractivity contribution in [3.63, 3.8) is 0 Å². The van der Waals surface area contributed by atoms with Gasteiger partial charge in [0, 0.05) is 30.3 Å². The predicted octanol–water partition coefficient (Wildman–Crippen LogP) is 3.27. The maximum absolute atomic E-state index is 12.6. The summed E-state index contributed by atoms with van der Waals surface area (Å²) in [4.78, 5) is 24.4. The second-order valence-electron chi connectivity index (χ2n) is 10.1. The van der Waals surface area contributed by atoms with Gasteiger partial charge in [-0.2, -0.15) is 0 Å². The van der Waals surface area contributed by atoms with Crippen molar-refractivity contribution in [1.82, 2.24) is 15.3 Å². The molecule has 0 saturated carbocycles. The molecule has 3 atom stereocenters. The molecule has 6 heteroatoms. The number of carbonyl (C=O) groups excluding carboxylic acids is 1. The standard InChI is InChI=1S/C21H34N4O2/c1-13-11-25(12-14(2)27-13)19-22-10-15-16(23-18(26)20(3,4)5)8-21(6,7)9-17(15)24-19/h10,13-14,16H,8-9,11-12H2,1-7H3,(H,23,26)/t13-,14+,16-/m1/s1. The molecule has 6 nitrogen and oxygen atoms in total. The van der Waals surface area contributed by atoms with Crippen LogP contribution in [0.1, 0.15) is 72.2 Å². The normalized spacial score (nSPS) is 27.8. The molecule has 0 aromatic carbocycles. The number of hydrogen-bond acceptors (Lipinski definition) is 5. The number of carbonyl (C=O) groups is 1. The third kappa shape index (κ3) is 4.60. The lowest BCUT2D eigenvalue weighted by Crippen LogP contribution is -2.46. The van der Waals surface area contributed by atoms with E-state index in [0.717, 1.165) is 43.1 Å². The Bertz CT molecular complexity index is 701. The molecule has 0 unspecified atom stereocenters. The number of aromatic nitrogens is 2. The number of rotatable bonds is 2. The fraction of sp³-hybridized carbons (Fsp3) is 0.762. The summed E-state index contributed by atoms with van der Waals surface area (Å²) in [5.74, 6) is 0.838. The molecule has 1 aromatic rings. The van der Waals surface area contributed by atoms with Gasteiger partial charge in [0.05, 0.1) is 23.9 Å². The smallest absolute Gasteiger partial charge is 0.225 e. The topological polar surface area (TPSA) is 67.4 Å². The molecule has 1 aliphatic carbocycles. The Balaban J connectivity index is 1.88. The first kappa shape index (κ1) is 20.1. The first-order chi connectivity index (χ1) is 12.4. The number of hydrogen-bond donors (Lipinski definition) is 1. The summed E-state index contributed by atoms with van der Waals surface area (Å²) >= 11 is 0. The van der Waals surface area contributed by atoms with Gasteiger partial charge in [0.15, 0.2) is 0 Å². The maximum atomic E-state index is 12.6. The molecule has 2 heterocycles. The minimum Gasteiger partial charge on any atom is -0.372 e. The zero-order valence-corrected chi connectivity index (χ0v) is 17.8. The molecule has 1 aliphatic heterocycles. The van der Waals surface area contributed by atoms with Gasteiger partial charge in [0.25, 0.3) is 0 Å². The zero-order valence-electron chi connectivity index (χ0n) is 17.8. The summed E-state index contributed by atoms with van der Waals surface area (Å²) in [6.07, 6.45) is 4.06. The lowest BCUT2D eigenvalue weighted by molar-refractivity contribution is -0.129. The van der Waals surface area contributed by atoms with E-state index < -0.39 is 5.41 Å². The van der Waals surface area contributed by atoms with E-state index in [9.17, 15) is 4.79 Å². The van der Waals surface area contributed by atoms with E-state index in [1.165, 1.54) is 0 Å². The van der Waals surface area contributed by atoms with Gasteiger partial charge in [-0.3, -0.25) is 4.79 Å². The summed E-state index contributed by atoms with van der Waals surface area (Å²) in [6.45, 7) is 16.1. The van der Waals surface area contributed by atoms with E-state index in [4.69, 9.17) is 9.72 Å². The lowest BCUT2D eigenvalue weighted by atomic mass is 9.74. The first-order valence-electron chi connectivity index (χ1n) is 10.0. The average Bonchev–Trinajstić information content (AvgIpc) is 2.51. The molecule has 0 spiro atoms. The Morgan fingerprint density at radius 3 is 2.48 bits per heavy atom. The molecular formula is C21H34N4O2. The highest BCUT2D eigenvalue weighted by atomic mass is 16.5. The van der Waals surface area contributed by atoms with Crippen molar-refractivity contribution in [2.75, 3.05) is 18.0 Å². The van der Waals surface area contributed by atoms with E-state index in [1.54, 1.807) is 0 Å². The van der Waals surface area contributed by atoms with Gasteiger partial charge >= 0.3 is 0 Å². The number of anilines is 1. The number of amides is 1. The largest absolute Gasteiger partial charge is 0.372 e. The summed E-state index contributed by atoms with van der Waals surface area (Å²) < 4.78 is 5.83. The molecular weight excluding hydrogens is 340 g/mol. The highest BCUT2D eigenvalue weighted by Gasteiger charge is 2.36. The average molecular weight is 375 g/mol. The molecule has 1 amide bonds. The summed E-state index contributed by atoms with van der Waals surface area (Å²) in [5, 5.41) is 3.23. The molecule has 0 radical (unpaired) electrons. The fourth-order valence-corrected chi connectivity index (χ4v) is 4.03. The number of fused-ring (bicyclic) bond motifs is 1. The van der Waals surface area contributed by atoms with Crippen LogP contribution in [0.3, 0.4) is 0 Å². The van der Waals surface area contributed by atoms with Crippen LogP contribution in [0.15, 0.2) is 6.20 Å². The van der Waals surface area contributed by atoms with Crippen LogP contribution in [-0.4, -0.2) is 41.2 Å². The number of nitrogens with zero attached hydrogens (tertiary/aromatic N) is 3. The number of nitrogens with one attached hydrogen (secondary N) is 1. The van der Waals surface area contributed by atoms with Crippen LogP contribution in [-0.2, 0) is 16.0 Å². The molecule has 1 saturated heterocycles. The van der Waals surface area contributed by atoms with Crippen LogP contribution in [0, 0.1) is 10.8 Å². The fourth-order valence-electron chi connectivity index (χ4n) is 4.03. The van der Waals surface area contributed by atoms with Crippen LogP contribution in [0.4, 0.5) is 5.95 Å². The number of morpholine rings is 1. The van der Waals surface area contributed by atoms with E-state index in [2.05, 4.69) is 42.9 Å². The van der Waals surface area contributed by atoms with Crippen molar-refractivity contribution >= 4 is 11.9 Å². The van der Waals surface area contributed by atoms with Gasteiger partial charge in [-0.25, -0.2) is 9.97 Å². The van der Waals surface area contributed by atoms with Crippen molar-refractivity contribution in [3.8, 4) is 0 Å². The Kier molecular flexibility index (Phi) is 5.23. The van der Waals surface area contributed by atoms with Crippen molar-refractivity contribution in [1.29, 1.82) is 0 Å². The summed E-state index contributed by atoms with van der Waals surface area (Å²) in [7, 11) is 0. The van der Waals surface area contributed by atoms with Crippen molar-refractivity contribution in [2.45, 2.75) is 79.6 Å². The molecule has 150 valence electrons. The minimum absolute atomic E-state index is 0.0351. The van der Waals surface area contributed by atoms with Gasteiger partial charge in [0.2, 0.25) is 11.9 Å². The van der Waals surface area contributed by atoms with Crippen LogP contribution in [0.2, 0.25) is 0 Å². The SMILES string of the molecule is C[C@@H]1CN(c2ncc3c(n2)CC(C)(C)C[C@H]3NC(=O)C(C)(C)C)C[C@H](C)O1. The van der Waals surface area contributed by atoms with Crippen molar-refractivity contribution in [2.24, 2.45) is 10.8 Å². The van der Waals surface area contributed by atoms with Crippen molar-refractivity contribution in [3.05, 3.63) is 17.5 Å². The maximum Gasteiger partial charge on any atom is 0.225 e. The van der Waals surface area contributed by atoms with Gasteiger partial charge in [0.1, 0.15) is 0 Å². The Labute approximate surface area is 163 Å². The first-order valence-corrected chi connectivity index (χ1v) is 10.0. The molecule has 3 rings (SSSR count). The monoisotopic (exact) mass is 374 g/mol. The Hall–Kier alpha value is -1.69.